The second-order valence-corrected chi connectivity index (χ2v) is 5.88. The van der Waals surface area contributed by atoms with Crippen LogP contribution < -0.4 is 4.72 Å². The fourth-order valence-corrected chi connectivity index (χ4v) is 2.93. The van der Waals surface area contributed by atoms with Crippen molar-refractivity contribution in [2.45, 2.75) is 11.8 Å². The van der Waals surface area contributed by atoms with Crippen molar-refractivity contribution in [1.82, 2.24) is 0 Å². The van der Waals surface area contributed by atoms with E-state index in [1.807, 2.05) is 0 Å². The average molecular weight is 291 g/mol. The molecule has 0 amide bonds. The van der Waals surface area contributed by atoms with Gasteiger partial charge in [-0.05, 0) is 36.8 Å². The van der Waals surface area contributed by atoms with E-state index >= 15 is 0 Å². The average Bonchev–Trinajstić information content (AvgIpc) is 2.41. The van der Waals surface area contributed by atoms with Crippen LogP contribution in [0.15, 0.2) is 53.4 Å². The molecule has 2 rings (SSSR count). The van der Waals surface area contributed by atoms with Crippen molar-refractivity contribution >= 4 is 21.7 Å². The van der Waals surface area contributed by atoms with Gasteiger partial charge in [-0.3, -0.25) is 4.72 Å². The summed E-state index contributed by atoms with van der Waals surface area (Å²) in [6, 6.07) is 12.4. The quantitative estimate of drug-likeness (QED) is 0.906. The molecule has 20 heavy (non-hydrogen) atoms. The van der Waals surface area contributed by atoms with Crippen LogP contribution in [0.3, 0.4) is 0 Å². The highest BCUT2D eigenvalue weighted by atomic mass is 32.2. The molecule has 0 aliphatic carbocycles. The molecule has 0 fully saturated rings. The minimum atomic E-state index is -3.72. The van der Waals surface area contributed by atoms with Gasteiger partial charge in [0.25, 0.3) is 10.0 Å². The number of rotatable bonds is 4. The molecule has 2 N–H and O–H groups in total. The van der Waals surface area contributed by atoms with Gasteiger partial charge in [0.15, 0.2) is 0 Å². The molecule has 0 aliphatic heterocycles. The van der Waals surface area contributed by atoms with Crippen molar-refractivity contribution < 1.29 is 18.3 Å². The van der Waals surface area contributed by atoms with Crippen LogP contribution in [-0.2, 0) is 10.0 Å². The number of carboxylic acids is 1. The Kier molecular flexibility index (Phi) is 3.76. The van der Waals surface area contributed by atoms with Gasteiger partial charge in [0.1, 0.15) is 0 Å². The van der Waals surface area contributed by atoms with E-state index in [4.69, 9.17) is 5.11 Å². The van der Waals surface area contributed by atoms with Gasteiger partial charge in [0.2, 0.25) is 0 Å². The first-order valence-electron chi connectivity index (χ1n) is 5.82. The third-order valence-corrected chi connectivity index (χ3v) is 4.24. The first-order chi connectivity index (χ1) is 9.42. The molecule has 0 saturated heterocycles. The maximum absolute atomic E-state index is 12.2. The lowest BCUT2D eigenvalue weighted by atomic mass is 10.1. The van der Waals surface area contributed by atoms with Crippen LogP contribution >= 0.6 is 0 Å². The van der Waals surface area contributed by atoms with Gasteiger partial charge in [-0.1, -0.05) is 24.3 Å². The third kappa shape index (κ3) is 2.80. The van der Waals surface area contributed by atoms with Crippen LogP contribution in [0.4, 0.5) is 5.69 Å². The van der Waals surface area contributed by atoms with Crippen molar-refractivity contribution in [2.24, 2.45) is 0 Å². The van der Waals surface area contributed by atoms with Gasteiger partial charge >= 0.3 is 5.97 Å². The van der Waals surface area contributed by atoms with E-state index in [-0.39, 0.29) is 16.1 Å². The molecular weight excluding hydrogens is 278 g/mol. The minimum Gasteiger partial charge on any atom is -0.478 e. The number of benzene rings is 2. The maximum Gasteiger partial charge on any atom is 0.336 e. The largest absolute Gasteiger partial charge is 0.478 e. The lowest BCUT2D eigenvalue weighted by Crippen LogP contribution is -2.14. The van der Waals surface area contributed by atoms with E-state index in [1.54, 1.807) is 25.1 Å². The van der Waals surface area contributed by atoms with E-state index in [0.717, 1.165) is 0 Å². The Morgan fingerprint density at radius 1 is 1.05 bits per heavy atom. The number of carboxylic acid groups (broad SMARTS) is 1. The SMILES string of the molecule is Cc1c(NS(=O)(=O)c2ccccc2)cccc1C(=O)O. The summed E-state index contributed by atoms with van der Waals surface area (Å²) in [6.45, 7) is 1.56. The van der Waals surface area contributed by atoms with Crippen LogP contribution in [0, 0.1) is 6.92 Å². The van der Waals surface area contributed by atoms with Crippen molar-refractivity contribution in [3.8, 4) is 0 Å². The summed E-state index contributed by atoms with van der Waals surface area (Å²) >= 11 is 0. The Bertz CT molecular complexity index is 739. The fraction of sp³-hybridized carbons (Fsp3) is 0.0714. The molecule has 0 aliphatic rings. The number of carbonyl (C=O) groups is 1. The van der Waals surface area contributed by atoms with E-state index in [0.29, 0.717) is 5.56 Å². The molecule has 0 aromatic heterocycles. The van der Waals surface area contributed by atoms with Crippen LogP contribution in [0.5, 0.6) is 0 Å². The molecule has 0 saturated carbocycles. The Labute approximate surface area is 116 Å². The molecule has 0 radical (unpaired) electrons. The smallest absolute Gasteiger partial charge is 0.336 e. The zero-order valence-electron chi connectivity index (χ0n) is 10.7. The Balaban J connectivity index is 2.41. The van der Waals surface area contributed by atoms with E-state index in [2.05, 4.69) is 4.72 Å². The number of sulfonamides is 1. The first kappa shape index (κ1) is 14.1. The summed E-state index contributed by atoms with van der Waals surface area (Å²) in [7, 11) is -3.72. The van der Waals surface area contributed by atoms with Gasteiger partial charge in [-0.25, -0.2) is 13.2 Å². The lowest BCUT2D eigenvalue weighted by Gasteiger charge is -2.12. The molecule has 0 heterocycles. The molecule has 0 unspecified atom stereocenters. The lowest BCUT2D eigenvalue weighted by molar-refractivity contribution is 0.0696. The van der Waals surface area contributed by atoms with Gasteiger partial charge in [0, 0.05) is 0 Å². The molecule has 2 aromatic rings. The minimum absolute atomic E-state index is 0.0678. The number of hydrogen-bond donors (Lipinski definition) is 2. The summed E-state index contributed by atoms with van der Waals surface area (Å²) in [5, 5.41) is 9.03. The van der Waals surface area contributed by atoms with E-state index < -0.39 is 16.0 Å². The van der Waals surface area contributed by atoms with E-state index in [1.165, 1.54) is 30.3 Å². The Hall–Kier alpha value is -2.34. The van der Waals surface area contributed by atoms with E-state index in [9.17, 15) is 13.2 Å². The highest BCUT2D eigenvalue weighted by Gasteiger charge is 2.17. The number of hydrogen-bond acceptors (Lipinski definition) is 3. The summed E-state index contributed by atoms with van der Waals surface area (Å²) in [5.74, 6) is -1.09. The fourth-order valence-electron chi connectivity index (χ4n) is 1.78. The molecule has 6 heteroatoms. The molecule has 0 spiro atoms. The van der Waals surface area contributed by atoms with Gasteiger partial charge < -0.3 is 5.11 Å². The highest BCUT2D eigenvalue weighted by molar-refractivity contribution is 7.92. The predicted octanol–water partition coefficient (Wildman–Crippen LogP) is 2.49. The van der Waals surface area contributed by atoms with Crippen LogP contribution in [0.25, 0.3) is 0 Å². The second kappa shape index (κ2) is 5.34. The second-order valence-electron chi connectivity index (χ2n) is 4.20. The zero-order chi connectivity index (χ0) is 14.8. The van der Waals surface area contributed by atoms with Crippen molar-refractivity contribution in [1.29, 1.82) is 0 Å². The number of nitrogens with one attached hydrogen (secondary N) is 1. The third-order valence-electron chi connectivity index (χ3n) is 2.86. The molecule has 104 valence electrons. The number of aromatic carboxylic acids is 1. The molecular formula is C14H13NO4S. The van der Waals surface area contributed by atoms with Crippen LogP contribution in [0.2, 0.25) is 0 Å². The normalized spacial score (nSPS) is 11.1. The molecule has 5 nitrogen and oxygen atoms in total. The van der Waals surface area contributed by atoms with Gasteiger partial charge in [-0.2, -0.15) is 0 Å². The molecule has 2 aromatic carbocycles. The van der Waals surface area contributed by atoms with Crippen molar-refractivity contribution in [3.63, 3.8) is 0 Å². The van der Waals surface area contributed by atoms with Crippen LogP contribution in [-0.4, -0.2) is 19.5 Å². The van der Waals surface area contributed by atoms with Crippen LogP contribution in [0.1, 0.15) is 15.9 Å². The van der Waals surface area contributed by atoms with Gasteiger partial charge in [-0.15, -0.1) is 0 Å². The Morgan fingerprint density at radius 2 is 1.70 bits per heavy atom. The number of anilines is 1. The maximum atomic E-state index is 12.2. The molecule has 0 atom stereocenters. The van der Waals surface area contributed by atoms with Gasteiger partial charge in [0.05, 0.1) is 16.1 Å². The standard InChI is InChI=1S/C14H13NO4S/c1-10-12(14(16)17)8-5-9-13(10)15-20(18,19)11-6-3-2-4-7-11/h2-9,15H,1H3,(H,16,17). The summed E-state index contributed by atoms with van der Waals surface area (Å²) in [5.41, 5.74) is 0.700. The van der Waals surface area contributed by atoms with Crippen molar-refractivity contribution in [2.75, 3.05) is 4.72 Å². The molecule has 0 bridgehead atoms. The summed E-state index contributed by atoms with van der Waals surface area (Å²) in [6.07, 6.45) is 0. The first-order valence-corrected chi connectivity index (χ1v) is 7.31. The summed E-state index contributed by atoms with van der Waals surface area (Å²) < 4.78 is 26.8. The monoisotopic (exact) mass is 291 g/mol. The predicted molar refractivity (Wildman–Crippen MR) is 75.4 cm³/mol. The summed E-state index contributed by atoms with van der Waals surface area (Å²) in [4.78, 5) is 11.2. The topological polar surface area (TPSA) is 83.5 Å². The van der Waals surface area contributed by atoms with Crippen molar-refractivity contribution in [3.05, 3.63) is 59.7 Å². The zero-order valence-corrected chi connectivity index (χ0v) is 11.5. The Morgan fingerprint density at radius 3 is 2.30 bits per heavy atom. The highest BCUT2D eigenvalue weighted by Crippen LogP contribution is 2.22.